The summed E-state index contributed by atoms with van der Waals surface area (Å²) in [5.41, 5.74) is 9.78. The minimum absolute atomic E-state index is 0.00923. The van der Waals surface area contributed by atoms with Crippen LogP contribution >= 0.6 is 0 Å². The number of nitrogens with zero attached hydrogens (tertiary/aromatic N) is 4. The summed E-state index contributed by atoms with van der Waals surface area (Å²) in [6.07, 6.45) is 1.69. The standard InChI is InChI=1S/C29H32F2N6O3/c1-39-20-5-7-36(16-20)15-19-12-18(2-3-24(19)37-8-10-40-11-9-37)25-27(31)35-28(32)26(34-25)22-13-17-4-6-33-29(38)21(17)14-23(22)30/h2-3,12-14,20H,4-11,15-16H2,1H3,(H2,32,35)(H,33,38). The number of carbonyl (C=O) groups excluding carboxylic acids is 1. The molecule has 0 radical (unpaired) electrons. The van der Waals surface area contributed by atoms with Gasteiger partial charge < -0.3 is 25.4 Å². The third-order valence-corrected chi connectivity index (χ3v) is 7.91. The Morgan fingerprint density at radius 1 is 1.10 bits per heavy atom. The molecule has 2 saturated heterocycles. The second-order valence-corrected chi connectivity index (χ2v) is 10.4. The molecule has 40 heavy (non-hydrogen) atoms. The van der Waals surface area contributed by atoms with Gasteiger partial charge in [-0.2, -0.15) is 9.37 Å². The Hall–Kier alpha value is -3.67. The molecule has 4 heterocycles. The van der Waals surface area contributed by atoms with Crippen molar-refractivity contribution in [1.82, 2.24) is 20.2 Å². The molecule has 1 amide bonds. The van der Waals surface area contributed by atoms with Gasteiger partial charge in [0.25, 0.3) is 5.91 Å². The molecule has 9 nitrogen and oxygen atoms in total. The zero-order chi connectivity index (χ0) is 27.8. The molecule has 0 spiro atoms. The van der Waals surface area contributed by atoms with Gasteiger partial charge in [-0.3, -0.25) is 9.69 Å². The lowest BCUT2D eigenvalue weighted by Gasteiger charge is -2.32. The minimum atomic E-state index is -0.829. The van der Waals surface area contributed by atoms with Crippen molar-refractivity contribution in [2.75, 3.05) is 63.7 Å². The molecular formula is C29H32F2N6O3. The van der Waals surface area contributed by atoms with E-state index in [0.717, 1.165) is 43.9 Å². The summed E-state index contributed by atoms with van der Waals surface area (Å²) in [6, 6.07) is 8.48. The van der Waals surface area contributed by atoms with Gasteiger partial charge in [0.1, 0.15) is 17.2 Å². The van der Waals surface area contributed by atoms with Gasteiger partial charge in [-0.25, -0.2) is 9.37 Å². The summed E-state index contributed by atoms with van der Waals surface area (Å²) >= 11 is 0. The van der Waals surface area contributed by atoms with Crippen LogP contribution in [0.5, 0.6) is 0 Å². The van der Waals surface area contributed by atoms with Crippen molar-refractivity contribution in [3.63, 3.8) is 0 Å². The minimum Gasteiger partial charge on any atom is -0.382 e. The van der Waals surface area contributed by atoms with Crippen LogP contribution in [0.3, 0.4) is 0 Å². The lowest BCUT2D eigenvalue weighted by Crippen LogP contribution is -2.37. The van der Waals surface area contributed by atoms with E-state index in [1.54, 1.807) is 13.2 Å². The Labute approximate surface area is 231 Å². The van der Waals surface area contributed by atoms with Gasteiger partial charge in [-0.15, -0.1) is 0 Å². The molecule has 1 aromatic heterocycles. The number of rotatable bonds is 6. The Balaban J connectivity index is 1.40. The molecule has 3 aliphatic heterocycles. The molecule has 0 saturated carbocycles. The predicted octanol–water partition coefficient (Wildman–Crippen LogP) is 3.01. The summed E-state index contributed by atoms with van der Waals surface area (Å²) in [7, 11) is 1.73. The third-order valence-electron chi connectivity index (χ3n) is 7.91. The number of amides is 1. The summed E-state index contributed by atoms with van der Waals surface area (Å²) in [6.45, 7) is 5.66. The largest absolute Gasteiger partial charge is 0.382 e. The highest BCUT2D eigenvalue weighted by atomic mass is 19.1. The van der Waals surface area contributed by atoms with Gasteiger partial charge in [0.05, 0.1) is 19.3 Å². The van der Waals surface area contributed by atoms with Gasteiger partial charge in [0.15, 0.2) is 5.82 Å². The van der Waals surface area contributed by atoms with Crippen molar-refractivity contribution in [1.29, 1.82) is 0 Å². The van der Waals surface area contributed by atoms with Crippen molar-refractivity contribution >= 4 is 17.4 Å². The number of morpholine rings is 1. The van der Waals surface area contributed by atoms with E-state index in [1.807, 2.05) is 18.2 Å². The number of carbonyl (C=O) groups is 1. The summed E-state index contributed by atoms with van der Waals surface area (Å²) < 4.78 is 41.6. The van der Waals surface area contributed by atoms with Crippen LogP contribution < -0.4 is 16.0 Å². The molecule has 0 bridgehead atoms. The smallest absolute Gasteiger partial charge is 0.251 e. The van der Waals surface area contributed by atoms with E-state index in [1.165, 1.54) is 6.07 Å². The molecule has 0 aliphatic carbocycles. The van der Waals surface area contributed by atoms with Gasteiger partial charge in [0, 0.05) is 68.8 Å². The van der Waals surface area contributed by atoms with E-state index >= 15 is 8.78 Å². The third kappa shape index (κ3) is 5.12. The average molecular weight is 551 g/mol. The second kappa shape index (κ2) is 11.1. The SMILES string of the molecule is COC1CCN(Cc2cc(-c3nc(-c4cc5c(cc4F)C(=O)NCC5)c(N)nc3F)ccc2N2CCOCC2)C1. The van der Waals surface area contributed by atoms with Crippen LogP contribution in [0.1, 0.15) is 27.9 Å². The average Bonchev–Trinajstić information content (AvgIpc) is 3.42. The van der Waals surface area contributed by atoms with Gasteiger partial charge in [0.2, 0.25) is 5.95 Å². The Morgan fingerprint density at radius 2 is 1.93 bits per heavy atom. The molecule has 210 valence electrons. The van der Waals surface area contributed by atoms with E-state index in [9.17, 15) is 4.79 Å². The van der Waals surface area contributed by atoms with Crippen LogP contribution in [0.2, 0.25) is 0 Å². The van der Waals surface area contributed by atoms with E-state index in [-0.39, 0.29) is 40.3 Å². The highest BCUT2D eigenvalue weighted by molar-refractivity contribution is 5.97. The first-order valence-corrected chi connectivity index (χ1v) is 13.6. The molecule has 3 N–H and O–H groups in total. The number of aromatic nitrogens is 2. The zero-order valence-corrected chi connectivity index (χ0v) is 22.4. The van der Waals surface area contributed by atoms with Gasteiger partial charge in [-0.05, 0) is 48.2 Å². The molecule has 6 rings (SSSR count). The lowest BCUT2D eigenvalue weighted by molar-refractivity contribution is 0.0945. The number of benzene rings is 2. The van der Waals surface area contributed by atoms with Crippen molar-refractivity contribution in [2.24, 2.45) is 0 Å². The maximum atomic E-state index is 15.3. The zero-order valence-electron chi connectivity index (χ0n) is 22.4. The quantitative estimate of drug-likeness (QED) is 0.483. The lowest BCUT2D eigenvalue weighted by atomic mass is 9.96. The van der Waals surface area contributed by atoms with Crippen LogP contribution in [0.15, 0.2) is 30.3 Å². The highest BCUT2D eigenvalue weighted by Crippen LogP contribution is 2.34. The maximum absolute atomic E-state index is 15.3. The fourth-order valence-electron chi connectivity index (χ4n) is 5.78. The number of methoxy groups -OCH3 is 1. The molecule has 3 aromatic rings. The molecule has 2 fully saturated rings. The number of nitrogens with two attached hydrogens (primary N) is 1. The Kier molecular flexibility index (Phi) is 7.35. The number of nitrogens with one attached hydrogen (secondary N) is 1. The number of fused-ring (bicyclic) bond motifs is 1. The maximum Gasteiger partial charge on any atom is 0.251 e. The van der Waals surface area contributed by atoms with E-state index in [4.69, 9.17) is 15.2 Å². The number of likely N-dealkylation sites (tertiary alicyclic amines) is 1. The second-order valence-electron chi connectivity index (χ2n) is 10.4. The summed E-state index contributed by atoms with van der Waals surface area (Å²) in [4.78, 5) is 25.2. The fourth-order valence-corrected chi connectivity index (χ4v) is 5.78. The number of anilines is 2. The van der Waals surface area contributed by atoms with Crippen LogP contribution in [0.25, 0.3) is 22.5 Å². The molecular weight excluding hydrogens is 518 g/mol. The fraction of sp³-hybridized carbons (Fsp3) is 0.414. The monoisotopic (exact) mass is 550 g/mol. The van der Waals surface area contributed by atoms with Crippen LogP contribution in [-0.4, -0.2) is 79.9 Å². The molecule has 1 atom stereocenters. The number of ether oxygens (including phenoxy) is 2. The van der Waals surface area contributed by atoms with E-state index in [2.05, 4.69) is 25.1 Å². The molecule has 1 unspecified atom stereocenters. The molecule has 11 heteroatoms. The number of hydrogen-bond donors (Lipinski definition) is 2. The van der Waals surface area contributed by atoms with Gasteiger partial charge in [-0.1, -0.05) is 6.07 Å². The van der Waals surface area contributed by atoms with E-state index in [0.29, 0.717) is 43.9 Å². The van der Waals surface area contributed by atoms with Crippen molar-refractivity contribution < 1.29 is 23.0 Å². The topological polar surface area (TPSA) is 106 Å². The van der Waals surface area contributed by atoms with Crippen molar-refractivity contribution in [2.45, 2.75) is 25.5 Å². The first kappa shape index (κ1) is 26.5. The van der Waals surface area contributed by atoms with Crippen molar-refractivity contribution in [3.05, 3.63) is 58.8 Å². The predicted molar refractivity (Wildman–Crippen MR) is 147 cm³/mol. The summed E-state index contributed by atoms with van der Waals surface area (Å²) in [5, 5.41) is 2.71. The normalized spacial score (nSPS) is 19.5. The Morgan fingerprint density at radius 3 is 2.70 bits per heavy atom. The first-order valence-electron chi connectivity index (χ1n) is 13.6. The van der Waals surface area contributed by atoms with Crippen LogP contribution in [-0.2, 0) is 22.4 Å². The van der Waals surface area contributed by atoms with E-state index < -0.39 is 11.8 Å². The number of nitrogen functional groups attached to an aromatic ring is 1. The number of hydrogen-bond acceptors (Lipinski definition) is 8. The molecule has 2 aromatic carbocycles. The van der Waals surface area contributed by atoms with Crippen molar-refractivity contribution in [3.8, 4) is 22.5 Å². The molecule has 3 aliphatic rings. The number of halogens is 2. The first-order chi connectivity index (χ1) is 19.4. The van der Waals surface area contributed by atoms with Gasteiger partial charge >= 0.3 is 0 Å². The summed E-state index contributed by atoms with van der Waals surface area (Å²) in [5.74, 6) is -2.04. The Bertz CT molecular complexity index is 1450. The van der Waals surface area contributed by atoms with Crippen LogP contribution in [0, 0.1) is 11.8 Å². The van der Waals surface area contributed by atoms with Crippen LogP contribution in [0.4, 0.5) is 20.3 Å². The highest BCUT2D eigenvalue weighted by Gasteiger charge is 2.26.